The van der Waals surface area contributed by atoms with Crippen LogP contribution in [-0.4, -0.2) is 24.1 Å². The average Bonchev–Trinajstić information content (AvgIpc) is 2.96. The van der Waals surface area contributed by atoms with E-state index in [1.807, 2.05) is 24.3 Å². The molecule has 40 heavy (non-hydrogen) atoms. The summed E-state index contributed by atoms with van der Waals surface area (Å²) in [5.41, 5.74) is 15.1. The minimum Gasteiger partial charge on any atom is -0.406 e. The van der Waals surface area contributed by atoms with E-state index in [4.69, 9.17) is 11.3 Å². The molecule has 0 atom stereocenters. The number of halogens is 3. The SMILES string of the molecule is N=NC(N)=NC(=O)c1ccc(CN(C(=O)c2ccc(OC(F)(F)F)cc2)c2ccc(C3CCCCC3)cc2)cc1. The lowest BCUT2D eigenvalue weighted by atomic mass is 9.84. The molecule has 3 aromatic carbocycles. The van der Waals surface area contributed by atoms with E-state index in [1.54, 1.807) is 12.1 Å². The third-order valence-electron chi connectivity index (χ3n) is 6.73. The number of aliphatic imine (C=N–C) groups is 1. The quantitative estimate of drug-likeness (QED) is 0.187. The lowest BCUT2D eigenvalue weighted by Crippen LogP contribution is -2.30. The first-order valence-corrected chi connectivity index (χ1v) is 12.8. The summed E-state index contributed by atoms with van der Waals surface area (Å²) in [5, 5.41) is 2.90. The zero-order valence-electron chi connectivity index (χ0n) is 21.5. The fourth-order valence-corrected chi connectivity index (χ4v) is 4.73. The number of hydrogen-bond acceptors (Lipinski definition) is 4. The van der Waals surface area contributed by atoms with E-state index in [2.05, 4.69) is 14.8 Å². The molecule has 1 saturated carbocycles. The van der Waals surface area contributed by atoms with Crippen molar-refractivity contribution in [2.45, 2.75) is 50.9 Å². The minimum atomic E-state index is -4.84. The molecule has 8 nitrogen and oxygen atoms in total. The highest BCUT2D eigenvalue weighted by Gasteiger charge is 2.31. The minimum absolute atomic E-state index is 0.129. The number of ether oxygens (including phenoxy) is 1. The van der Waals surface area contributed by atoms with Gasteiger partial charge in [-0.25, -0.2) is 5.53 Å². The highest BCUT2D eigenvalue weighted by molar-refractivity contribution is 6.06. The monoisotopic (exact) mass is 551 g/mol. The van der Waals surface area contributed by atoms with Gasteiger partial charge in [0.2, 0.25) is 5.96 Å². The molecule has 208 valence electrons. The van der Waals surface area contributed by atoms with Gasteiger partial charge in [-0.15, -0.1) is 18.3 Å². The van der Waals surface area contributed by atoms with Crippen molar-refractivity contribution in [3.05, 3.63) is 95.1 Å². The summed E-state index contributed by atoms with van der Waals surface area (Å²) < 4.78 is 41.6. The van der Waals surface area contributed by atoms with Gasteiger partial charge in [0.15, 0.2) is 0 Å². The van der Waals surface area contributed by atoms with Crippen LogP contribution in [0.25, 0.3) is 0 Å². The highest BCUT2D eigenvalue weighted by atomic mass is 19.4. The molecule has 3 aromatic rings. The van der Waals surface area contributed by atoms with Crippen molar-refractivity contribution in [3.63, 3.8) is 0 Å². The second-order valence-electron chi connectivity index (χ2n) is 9.47. The van der Waals surface area contributed by atoms with E-state index in [9.17, 15) is 22.8 Å². The van der Waals surface area contributed by atoms with Crippen LogP contribution in [0, 0.1) is 5.53 Å². The van der Waals surface area contributed by atoms with Gasteiger partial charge in [-0.3, -0.25) is 9.59 Å². The van der Waals surface area contributed by atoms with Gasteiger partial charge in [-0.05, 0) is 78.4 Å². The van der Waals surface area contributed by atoms with E-state index in [0.29, 0.717) is 17.2 Å². The normalized spacial score (nSPS) is 14.4. The van der Waals surface area contributed by atoms with Gasteiger partial charge >= 0.3 is 6.36 Å². The number of anilines is 1. The molecule has 4 rings (SSSR count). The zero-order chi connectivity index (χ0) is 28.7. The fourth-order valence-electron chi connectivity index (χ4n) is 4.73. The van der Waals surface area contributed by atoms with Crippen LogP contribution in [0.5, 0.6) is 5.75 Å². The molecule has 0 spiro atoms. The van der Waals surface area contributed by atoms with Crippen LogP contribution in [0.2, 0.25) is 0 Å². The smallest absolute Gasteiger partial charge is 0.406 e. The number of rotatable bonds is 7. The number of nitrogens with zero attached hydrogens (tertiary/aromatic N) is 3. The number of carbonyl (C=O) groups excluding carboxylic acids is 2. The molecule has 0 saturated heterocycles. The summed E-state index contributed by atoms with van der Waals surface area (Å²) in [6.07, 6.45) is 1.06. The third kappa shape index (κ3) is 7.52. The van der Waals surface area contributed by atoms with Gasteiger partial charge in [-0.2, -0.15) is 4.99 Å². The van der Waals surface area contributed by atoms with Crippen molar-refractivity contribution < 1.29 is 27.5 Å². The Labute approximate surface area is 229 Å². The van der Waals surface area contributed by atoms with Crippen LogP contribution in [-0.2, 0) is 6.54 Å². The molecule has 1 fully saturated rings. The van der Waals surface area contributed by atoms with E-state index in [-0.39, 0.29) is 17.7 Å². The molecule has 0 heterocycles. The molecular formula is C29H28F3N5O3. The average molecular weight is 552 g/mol. The van der Waals surface area contributed by atoms with Crippen LogP contribution >= 0.6 is 0 Å². The number of nitrogens with one attached hydrogen (secondary N) is 1. The summed E-state index contributed by atoms with van der Waals surface area (Å²) >= 11 is 0. The number of hydrogen-bond donors (Lipinski definition) is 2. The molecule has 0 unspecified atom stereocenters. The first kappa shape index (κ1) is 28.5. The number of benzene rings is 3. The summed E-state index contributed by atoms with van der Waals surface area (Å²) in [4.78, 5) is 30.8. The highest BCUT2D eigenvalue weighted by Crippen LogP contribution is 2.34. The summed E-state index contributed by atoms with van der Waals surface area (Å²) in [6.45, 7) is 0.129. The van der Waals surface area contributed by atoms with Crippen LogP contribution in [0.15, 0.2) is 82.9 Å². The summed E-state index contributed by atoms with van der Waals surface area (Å²) in [7, 11) is 0. The maximum Gasteiger partial charge on any atom is 0.573 e. The Kier molecular flexibility index (Phi) is 8.93. The third-order valence-corrected chi connectivity index (χ3v) is 6.73. The van der Waals surface area contributed by atoms with Crippen molar-refractivity contribution in [1.82, 2.24) is 0 Å². The molecular weight excluding hydrogens is 523 g/mol. The zero-order valence-corrected chi connectivity index (χ0v) is 21.5. The standard InChI is InChI=1S/C29H28F3N5O3/c30-29(31,32)40-25-16-12-23(13-17-25)27(39)37(24-14-10-21(11-15-24)20-4-2-1-3-5-20)18-19-6-8-22(9-7-19)26(38)35-28(33)36-34/h6-17,20,34H,1-5,18H2,(H2,33,35,38). The second kappa shape index (κ2) is 12.5. The number of guanidine groups is 1. The summed E-state index contributed by atoms with van der Waals surface area (Å²) in [6, 6.07) is 18.9. The number of nitrogens with two attached hydrogens (primary N) is 1. The van der Waals surface area contributed by atoms with Gasteiger partial charge in [-0.1, -0.05) is 43.5 Å². The Hall–Kier alpha value is -4.54. The van der Waals surface area contributed by atoms with Crippen molar-refractivity contribution in [2.24, 2.45) is 15.8 Å². The van der Waals surface area contributed by atoms with Crippen molar-refractivity contribution in [2.75, 3.05) is 4.90 Å². The number of amides is 2. The predicted molar refractivity (Wildman–Crippen MR) is 143 cm³/mol. The lowest BCUT2D eigenvalue weighted by Gasteiger charge is -2.25. The van der Waals surface area contributed by atoms with Crippen LogP contribution in [0.3, 0.4) is 0 Å². The Bertz CT molecular complexity index is 1370. The maximum atomic E-state index is 13.6. The topological polar surface area (TPSA) is 121 Å². The Morgan fingerprint density at radius 3 is 2.08 bits per heavy atom. The van der Waals surface area contributed by atoms with Gasteiger partial charge in [0, 0.05) is 16.8 Å². The van der Waals surface area contributed by atoms with Crippen LogP contribution in [0.4, 0.5) is 18.9 Å². The lowest BCUT2D eigenvalue weighted by molar-refractivity contribution is -0.274. The van der Waals surface area contributed by atoms with Gasteiger partial charge < -0.3 is 15.4 Å². The van der Waals surface area contributed by atoms with E-state index >= 15 is 0 Å². The van der Waals surface area contributed by atoms with Crippen molar-refractivity contribution >= 4 is 23.5 Å². The molecule has 3 N–H and O–H groups in total. The molecule has 1 aliphatic rings. The van der Waals surface area contributed by atoms with Crippen LogP contribution in [0.1, 0.15) is 69.9 Å². The Morgan fingerprint density at radius 1 is 0.900 bits per heavy atom. The molecule has 0 radical (unpaired) electrons. The van der Waals surface area contributed by atoms with E-state index in [1.165, 1.54) is 54.0 Å². The van der Waals surface area contributed by atoms with Gasteiger partial charge in [0.05, 0.1) is 6.54 Å². The largest absolute Gasteiger partial charge is 0.573 e. The van der Waals surface area contributed by atoms with Gasteiger partial charge in [0.1, 0.15) is 5.75 Å². The number of carbonyl (C=O) groups is 2. The molecule has 11 heteroatoms. The van der Waals surface area contributed by atoms with E-state index in [0.717, 1.165) is 25.0 Å². The first-order valence-electron chi connectivity index (χ1n) is 12.8. The Morgan fingerprint density at radius 2 is 1.50 bits per heavy atom. The fraction of sp³-hybridized carbons (Fsp3) is 0.276. The molecule has 1 aliphatic carbocycles. The van der Waals surface area contributed by atoms with Gasteiger partial charge in [0.25, 0.3) is 11.8 Å². The van der Waals surface area contributed by atoms with E-state index < -0.39 is 29.9 Å². The summed E-state index contributed by atoms with van der Waals surface area (Å²) in [5.74, 6) is -1.48. The van der Waals surface area contributed by atoms with Crippen molar-refractivity contribution in [1.29, 1.82) is 5.53 Å². The van der Waals surface area contributed by atoms with Crippen molar-refractivity contribution in [3.8, 4) is 5.75 Å². The van der Waals surface area contributed by atoms with Crippen LogP contribution < -0.4 is 15.4 Å². The molecule has 0 aliphatic heterocycles. The maximum absolute atomic E-state index is 13.6. The molecule has 0 aromatic heterocycles. The molecule has 0 bridgehead atoms. The Balaban J connectivity index is 1.60. The molecule has 2 amide bonds. The number of alkyl halides is 3. The second-order valence-corrected chi connectivity index (χ2v) is 9.47. The predicted octanol–water partition coefficient (Wildman–Crippen LogP) is 6.97. The first-order chi connectivity index (χ1) is 19.1.